The number of thiazole rings is 1. The summed E-state index contributed by atoms with van der Waals surface area (Å²) in [5.41, 5.74) is 2.57. The third-order valence-corrected chi connectivity index (χ3v) is 8.23. The van der Waals surface area contributed by atoms with Gasteiger partial charge in [-0.25, -0.2) is 9.79 Å². The first kappa shape index (κ1) is 27.6. The first-order valence-corrected chi connectivity index (χ1v) is 14.6. The highest BCUT2D eigenvalue weighted by Crippen LogP contribution is 2.33. The Morgan fingerprint density at radius 1 is 1.10 bits per heavy atom. The third-order valence-electron chi connectivity index (χ3n) is 6.32. The molecular weight excluding hydrogens is 544 g/mol. The Morgan fingerprint density at radius 3 is 2.60 bits per heavy atom. The molecule has 0 aliphatic carbocycles. The molecular formula is C31H30N2O5S2. The zero-order valence-electron chi connectivity index (χ0n) is 22.7. The lowest BCUT2D eigenvalue weighted by atomic mass is 10.0. The Bertz CT molecular complexity index is 1720. The van der Waals surface area contributed by atoms with Crippen molar-refractivity contribution >= 4 is 34.7 Å². The van der Waals surface area contributed by atoms with Crippen molar-refractivity contribution in [2.24, 2.45) is 10.9 Å². The number of methoxy groups -OCH3 is 1. The van der Waals surface area contributed by atoms with Crippen LogP contribution < -0.4 is 24.4 Å². The Kier molecular flexibility index (Phi) is 8.32. The predicted molar refractivity (Wildman–Crippen MR) is 158 cm³/mol. The van der Waals surface area contributed by atoms with Crippen molar-refractivity contribution in [2.75, 3.05) is 13.7 Å². The van der Waals surface area contributed by atoms with Gasteiger partial charge in [0.05, 0.1) is 29.5 Å². The average Bonchev–Trinajstić information content (AvgIpc) is 3.59. The van der Waals surface area contributed by atoms with Crippen LogP contribution in [0, 0.1) is 5.92 Å². The summed E-state index contributed by atoms with van der Waals surface area (Å²) in [5, 5.41) is 1.94. The Hall–Kier alpha value is -3.95. The van der Waals surface area contributed by atoms with Crippen LogP contribution in [0.25, 0.3) is 6.08 Å². The molecule has 0 amide bonds. The van der Waals surface area contributed by atoms with E-state index in [0.29, 0.717) is 45.3 Å². The van der Waals surface area contributed by atoms with Crippen LogP contribution in [0.3, 0.4) is 0 Å². The minimum absolute atomic E-state index is 0.193. The monoisotopic (exact) mass is 574 g/mol. The molecule has 2 aromatic carbocycles. The van der Waals surface area contributed by atoms with Crippen LogP contribution in [0.15, 0.2) is 87.1 Å². The van der Waals surface area contributed by atoms with E-state index >= 15 is 0 Å². The van der Waals surface area contributed by atoms with Crippen molar-refractivity contribution in [1.29, 1.82) is 0 Å². The number of carbonyl (C=O) groups is 1. The van der Waals surface area contributed by atoms with E-state index in [2.05, 4.69) is 4.99 Å². The normalized spacial score (nSPS) is 15.1. The molecule has 7 nitrogen and oxygen atoms in total. The summed E-state index contributed by atoms with van der Waals surface area (Å²) in [4.78, 5) is 33.1. The predicted octanol–water partition coefficient (Wildman–Crippen LogP) is 5.08. The van der Waals surface area contributed by atoms with Crippen LogP contribution in [0.2, 0.25) is 0 Å². The maximum atomic E-state index is 13.8. The van der Waals surface area contributed by atoms with Gasteiger partial charge in [-0.1, -0.05) is 67.6 Å². The minimum Gasteiger partial charge on any atom is -0.493 e. The number of ether oxygens (including phenoxy) is 3. The minimum atomic E-state index is -0.596. The molecule has 206 valence electrons. The zero-order valence-corrected chi connectivity index (χ0v) is 24.4. The molecule has 40 heavy (non-hydrogen) atoms. The van der Waals surface area contributed by atoms with Gasteiger partial charge in [-0.2, -0.15) is 0 Å². The fraction of sp³-hybridized carbons (Fsp3) is 0.258. The van der Waals surface area contributed by atoms with Gasteiger partial charge >= 0.3 is 5.97 Å². The molecule has 9 heteroatoms. The van der Waals surface area contributed by atoms with Crippen LogP contribution in [-0.4, -0.2) is 24.3 Å². The zero-order chi connectivity index (χ0) is 28.2. The standard InChI is InChI=1S/C31H30N2O5S2/c1-19(2)17-38-30(35)27-20(3)32-31-33(28(27)25-11-8-14-39-25)29(34)26(40-31)16-22-12-13-23(24(15-22)36-4)37-18-21-9-6-5-7-10-21/h5-16,19,28H,17-18H2,1-4H3. The molecule has 1 unspecified atom stereocenters. The van der Waals surface area contributed by atoms with Crippen LogP contribution in [0.5, 0.6) is 11.5 Å². The second-order valence-electron chi connectivity index (χ2n) is 9.77. The number of rotatable bonds is 9. The molecule has 2 aromatic heterocycles. The van der Waals surface area contributed by atoms with Gasteiger partial charge in [0, 0.05) is 4.88 Å². The van der Waals surface area contributed by atoms with Gasteiger partial charge in [0.1, 0.15) is 12.6 Å². The molecule has 4 aromatic rings. The van der Waals surface area contributed by atoms with E-state index in [1.807, 2.05) is 86.0 Å². The van der Waals surface area contributed by atoms with Crippen molar-refractivity contribution in [3.8, 4) is 11.5 Å². The quantitative estimate of drug-likeness (QED) is 0.261. The number of fused-ring (bicyclic) bond motifs is 1. The molecule has 0 saturated heterocycles. The van der Waals surface area contributed by atoms with Gasteiger partial charge < -0.3 is 14.2 Å². The number of hydrogen-bond acceptors (Lipinski definition) is 8. The summed E-state index contributed by atoms with van der Waals surface area (Å²) in [6.45, 7) is 6.47. The van der Waals surface area contributed by atoms with Gasteiger partial charge in [0.2, 0.25) is 0 Å². The lowest BCUT2D eigenvalue weighted by Crippen LogP contribution is -2.39. The third kappa shape index (κ3) is 5.80. The lowest BCUT2D eigenvalue weighted by molar-refractivity contribution is -0.140. The Labute approximate surface area is 240 Å². The van der Waals surface area contributed by atoms with E-state index in [-0.39, 0.29) is 11.5 Å². The average molecular weight is 575 g/mol. The molecule has 0 radical (unpaired) electrons. The van der Waals surface area contributed by atoms with Crippen molar-refractivity contribution in [3.63, 3.8) is 0 Å². The Balaban J connectivity index is 1.51. The molecule has 0 saturated carbocycles. The van der Waals surface area contributed by atoms with E-state index in [4.69, 9.17) is 14.2 Å². The number of allylic oxidation sites excluding steroid dienone is 1. The number of aromatic nitrogens is 1. The number of nitrogens with zero attached hydrogens (tertiary/aromatic N) is 2. The van der Waals surface area contributed by atoms with E-state index in [9.17, 15) is 9.59 Å². The van der Waals surface area contributed by atoms with Crippen molar-refractivity contribution in [1.82, 2.24) is 4.57 Å². The van der Waals surface area contributed by atoms with Crippen LogP contribution in [0.1, 0.15) is 42.8 Å². The second-order valence-corrected chi connectivity index (χ2v) is 11.8. The number of esters is 1. The molecule has 1 atom stereocenters. The van der Waals surface area contributed by atoms with E-state index in [1.165, 1.54) is 22.7 Å². The number of carbonyl (C=O) groups excluding carboxylic acids is 1. The van der Waals surface area contributed by atoms with E-state index in [0.717, 1.165) is 16.0 Å². The number of hydrogen-bond donors (Lipinski definition) is 0. The SMILES string of the molecule is COc1cc(C=c2sc3n(c2=O)C(c2cccs2)C(C(=O)OCC(C)C)=C(C)N=3)ccc1OCc1ccccc1. The highest BCUT2D eigenvalue weighted by Gasteiger charge is 2.34. The van der Waals surface area contributed by atoms with Crippen LogP contribution in [0.4, 0.5) is 0 Å². The molecule has 5 rings (SSSR count). The number of benzene rings is 2. The van der Waals surface area contributed by atoms with Crippen molar-refractivity contribution in [3.05, 3.63) is 113 Å². The summed E-state index contributed by atoms with van der Waals surface area (Å²) < 4.78 is 19.3. The first-order chi connectivity index (χ1) is 19.4. The summed E-state index contributed by atoms with van der Waals surface area (Å²) in [6, 6.07) is 18.7. The Morgan fingerprint density at radius 2 is 1.90 bits per heavy atom. The largest absolute Gasteiger partial charge is 0.493 e. The number of thiophene rings is 1. The summed E-state index contributed by atoms with van der Waals surface area (Å²) in [6.07, 6.45) is 1.81. The molecule has 1 aliphatic rings. The van der Waals surface area contributed by atoms with Gasteiger partial charge in [-0.15, -0.1) is 11.3 Å². The highest BCUT2D eigenvalue weighted by atomic mass is 32.1. The van der Waals surface area contributed by atoms with Gasteiger partial charge in [-0.05, 0) is 53.6 Å². The van der Waals surface area contributed by atoms with Gasteiger partial charge in [0.25, 0.3) is 5.56 Å². The molecule has 0 spiro atoms. The first-order valence-electron chi connectivity index (χ1n) is 12.9. The van der Waals surface area contributed by atoms with Crippen molar-refractivity contribution in [2.45, 2.75) is 33.4 Å². The van der Waals surface area contributed by atoms with Crippen molar-refractivity contribution < 1.29 is 19.0 Å². The highest BCUT2D eigenvalue weighted by molar-refractivity contribution is 7.10. The molecule has 3 heterocycles. The van der Waals surface area contributed by atoms with Crippen LogP contribution >= 0.6 is 22.7 Å². The lowest BCUT2D eigenvalue weighted by Gasteiger charge is -2.23. The second kappa shape index (κ2) is 12.1. The van der Waals surface area contributed by atoms with E-state index < -0.39 is 12.0 Å². The molecule has 0 bridgehead atoms. The molecule has 0 N–H and O–H groups in total. The van der Waals surface area contributed by atoms with Gasteiger partial charge in [-0.3, -0.25) is 9.36 Å². The van der Waals surface area contributed by atoms with Gasteiger partial charge in [0.15, 0.2) is 16.3 Å². The topological polar surface area (TPSA) is 79.1 Å². The summed E-state index contributed by atoms with van der Waals surface area (Å²) >= 11 is 2.79. The molecule has 0 fully saturated rings. The van der Waals surface area contributed by atoms with Crippen LogP contribution in [-0.2, 0) is 16.1 Å². The smallest absolute Gasteiger partial charge is 0.338 e. The summed E-state index contributed by atoms with van der Waals surface area (Å²) in [5.74, 6) is 0.930. The fourth-order valence-corrected chi connectivity index (χ4v) is 6.27. The maximum absolute atomic E-state index is 13.8. The molecule has 1 aliphatic heterocycles. The van der Waals surface area contributed by atoms with E-state index in [1.54, 1.807) is 18.6 Å². The fourth-order valence-electron chi connectivity index (χ4n) is 4.40. The maximum Gasteiger partial charge on any atom is 0.338 e. The summed E-state index contributed by atoms with van der Waals surface area (Å²) in [7, 11) is 1.59.